The molecule has 11 rings (SSSR count). The molecule has 62 heavy (non-hydrogen) atoms. The third kappa shape index (κ3) is 7.93. The second-order valence-corrected chi connectivity index (χ2v) is 14.6. The smallest absolute Gasteiger partial charge is 0.501 e. The van der Waals surface area contributed by atoms with Crippen molar-refractivity contribution >= 4 is 21.9 Å². The Morgan fingerprint density at radius 2 is 1.06 bits per heavy atom. The van der Waals surface area contributed by atoms with Gasteiger partial charge >= 0.3 is 20.1 Å². The molecular weight excluding hydrogens is 937 g/mol. The molecule has 0 radical (unpaired) electrons. The summed E-state index contributed by atoms with van der Waals surface area (Å²) in [6.07, 6.45) is 7.41. The van der Waals surface area contributed by atoms with Gasteiger partial charge in [-0.2, -0.15) is 0 Å². The zero-order chi connectivity index (χ0) is 41.0. The Bertz CT molecular complexity index is 3140. The molecule has 0 aliphatic carbocycles. The number of furan rings is 1. The molecule has 11 aromatic rings. The maximum atomic E-state index is 5.98. The fourth-order valence-corrected chi connectivity index (χ4v) is 7.96. The van der Waals surface area contributed by atoms with Gasteiger partial charge in [0.15, 0.2) is 0 Å². The maximum absolute atomic E-state index is 5.98. The molecule has 0 atom stereocenters. The summed E-state index contributed by atoms with van der Waals surface area (Å²) in [5, 5.41) is 2.23. The molecule has 0 fully saturated rings. The van der Waals surface area contributed by atoms with Crippen LogP contribution < -0.4 is 0 Å². The normalized spacial score (nSPS) is 10.9. The second-order valence-electron chi connectivity index (χ2n) is 14.6. The summed E-state index contributed by atoms with van der Waals surface area (Å²) in [6.45, 7) is 0. The number of para-hydroxylation sites is 1. The Balaban J connectivity index is 0.000000204. The molecule has 5 nitrogen and oxygen atoms in total. The topological polar surface area (TPSA) is 56.7 Å². The van der Waals surface area contributed by atoms with Gasteiger partial charge in [-0.1, -0.05) is 120 Å². The molecule has 296 valence electrons. The van der Waals surface area contributed by atoms with Crippen LogP contribution in [0.3, 0.4) is 0 Å². The monoisotopic (exact) mass is 974 g/mol. The van der Waals surface area contributed by atoms with E-state index in [1.807, 2.05) is 109 Å². The van der Waals surface area contributed by atoms with Crippen molar-refractivity contribution in [1.82, 2.24) is 19.5 Å². The molecule has 0 saturated carbocycles. The molecule has 4 heterocycles. The van der Waals surface area contributed by atoms with E-state index in [-0.39, 0.29) is 20.1 Å². The minimum Gasteiger partial charge on any atom is -0.501 e. The minimum absolute atomic E-state index is 0. The van der Waals surface area contributed by atoms with E-state index < -0.39 is 0 Å². The van der Waals surface area contributed by atoms with E-state index in [9.17, 15) is 0 Å². The molecule has 4 aromatic heterocycles. The Labute approximate surface area is 374 Å². The first-order valence-electron chi connectivity index (χ1n) is 20.1. The minimum atomic E-state index is 0. The summed E-state index contributed by atoms with van der Waals surface area (Å²) in [6, 6.07) is 72.3. The van der Waals surface area contributed by atoms with Crippen LogP contribution in [0.25, 0.3) is 100 Å². The van der Waals surface area contributed by atoms with Crippen LogP contribution >= 0.6 is 0 Å². The largest absolute Gasteiger partial charge is 3.00 e. The molecular formula is C56H37IrN4O. The van der Waals surface area contributed by atoms with Crippen molar-refractivity contribution < 1.29 is 24.5 Å². The van der Waals surface area contributed by atoms with Gasteiger partial charge in [-0.3, -0.25) is 4.98 Å². The van der Waals surface area contributed by atoms with Gasteiger partial charge in [0.25, 0.3) is 0 Å². The van der Waals surface area contributed by atoms with Gasteiger partial charge in [0.1, 0.15) is 5.58 Å². The number of benzene rings is 7. The van der Waals surface area contributed by atoms with E-state index in [1.165, 1.54) is 27.8 Å². The van der Waals surface area contributed by atoms with Gasteiger partial charge in [0.2, 0.25) is 0 Å². The third-order valence-electron chi connectivity index (χ3n) is 10.9. The van der Waals surface area contributed by atoms with E-state index >= 15 is 0 Å². The van der Waals surface area contributed by atoms with Gasteiger partial charge in [-0.05, 0) is 68.5 Å². The molecule has 0 N–H and O–H groups in total. The number of rotatable bonds is 7. The van der Waals surface area contributed by atoms with Crippen LogP contribution in [0.15, 0.2) is 211 Å². The first kappa shape index (κ1) is 39.9. The Morgan fingerprint density at radius 1 is 0.452 bits per heavy atom. The van der Waals surface area contributed by atoms with Crippen molar-refractivity contribution in [1.29, 1.82) is 0 Å². The maximum Gasteiger partial charge on any atom is 3.00 e. The fourth-order valence-electron chi connectivity index (χ4n) is 7.96. The van der Waals surface area contributed by atoms with Crippen LogP contribution in [0, 0.1) is 18.2 Å². The van der Waals surface area contributed by atoms with Crippen molar-refractivity contribution in [2.75, 3.05) is 0 Å². The number of hydrogen-bond donors (Lipinski definition) is 0. The molecule has 0 aliphatic heterocycles. The molecule has 0 unspecified atom stereocenters. The van der Waals surface area contributed by atoms with Crippen molar-refractivity contribution in [2.45, 2.75) is 0 Å². The summed E-state index contributed by atoms with van der Waals surface area (Å²) in [4.78, 5) is 13.6. The second kappa shape index (κ2) is 18.0. The number of imidazole rings is 1. The summed E-state index contributed by atoms with van der Waals surface area (Å²) >= 11 is 0. The SMILES string of the molecule is Cn1ccnc1-c1[c-]ccc2c1oc1ccccc12.[Ir+3].[c-]1ccccc1-c1cc(-c2ccccc2-c2ccccc2-c2ccccc2-c2cc[c-]c(-c3ccccn3)c2)ccn1. The Kier molecular flexibility index (Phi) is 11.6. The van der Waals surface area contributed by atoms with Crippen molar-refractivity contribution in [3.63, 3.8) is 0 Å². The number of nitrogens with zero attached hydrogens (tertiary/aromatic N) is 4. The van der Waals surface area contributed by atoms with E-state index in [4.69, 9.17) is 4.42 Å². The number of aryl methyl sites for hydroxylation is 1. The van der Waals surface area contributed by atoms with Gasteiger partial charge in [-0.15, -0.1) is 89.5 Å². The first-order valence-corrected chi connectivity index (χ1v) is 20.1. The Morgan fingerprint density at radius 3 is 1.74 bits per heavy atom. The molecule has 0 bridgehead atoms. The number of fused-ring (bicyclic) bond motifs is 3. The summed E-state index contributed by atoms with van der Waals surface area (Å²) < 4.78 is 7.95. The average molecular weight is 974 g/mol. The molecule has 6 heteroatoms. The van der Waals surface area contributed by atoms with Crippen molar-refractivity contribution in [3.8, 4) is 78.4 Å². The van der Waals surface area contributed by atoms with E-state index in [1.54, 1.807) is 6.20 Å². The zero-order valence-electron chi connectivity index (χ0n) is 33.7. The van der Waals surface area contributed by atoms with E-state index in [2.05, 4.69) is 136 Å². The van der Waals surface area contributed by atoms with Gasteiger partial charge < -0.3 is 19.0 Å². The summed E-state index contributed by atoms with van der Waals surface area (Å²) in [5.74, 6) is 0.865. The standard InChI is InChI=1S/C40H26N2.C16H11N2O.Ir/c1-2-13-29(14-3-1)40-28-31(24-26-42-40)34-18-5-7-20-36(34)38-22-9-8-21-37(38)35-19-6-4-17-33(35)30-15-12-16-32(27-30)39-23-10-11-25-41-39;1-18-10-9-17-16(18)13-7-4-6-12-11-5-2-3-8-14(11)19-15(12)13;/h1-13,15,17-28H;2-6,8-10H,1H3;/q-2;-1;+3. The van der Waals surface area contributed by atoms with Crippen LogP contribution in [0.2, 0.25) is 0 Å². The summed E-state index contributed by atoms with van der Waals surface area (Å²) in [5.41, 5.74) is 15.7. The number of aromatic nitrogens is 4. The van der Waals surface area contributed by atoms with Crippen LogP contribution in [-0.4, -0.2) is 19.5 Å². The fraction of sp³-hybridized carbons (Fsp3) is 0.0179. The zero-order valence-corrected chi connectivity index (χ0v) is 36.1. The molecule has 0 aliphatic rings. The predicted molar refractivity (Wildman–Crippen MR) is 247 cm³/mol. The van der Waals surface area contributed by atoms with Gasteiger partial charge in [0.05, 0.1) is 11.4 Å². The van der Waals surface area contributed by atoms with Crippen LogP contribution in [-0.2, 0) is 27.2 Å². The van der Waals surface area contributed by atoms with E-state index in [0.29, 0.717) is 0 Å². The molecule has 0 amide bonds. The number of hydrogen-bond acceptors (Lipinski definition) is 4. The molecule has 0 spiro atoms. The third-order valence-corrected chi connectivity index (χ3v) is 10.9. The van der Waals surface area contributed by atoms with Crippen LogP contribution in [0.1, 0.15) is 0 Å². The quantitative estimate of drug-likeness (QED) is 0.149. The van der Waals surface area contributed by atoms with Gasteiger partial charge in [0, 0.05) is 37.2 Å². The van der Waals surface area contributed by atoms with Gasteiger partial charge in [-0.25, -0.2) is 0 Å². The molecule has 0 saturated heterocycles. The predicted octanol–water partition coefficient (Wildman–Crippen LogP) is 13.9. The average Bonchev–Trinajstić information content (AvgIpc) is 3.95. The van der Waals surface area contributed by atoms with Crippen LogP contribution in [0.4, 0.5) is 0 Å². The van der Waals surface area contributed by atoms with Crippen LogP contribution in [0.5, 0.6) is 0 Å². The molecule has 7 aromatic carbocycles. The van der Waals surface area contributed by atoms with Crippen molar-refractivity contribution in [2.24, 2.45) is 7.05 Å². The Hall–Kier alpha value is -7.50. The first-order chi connectivity index (χ1) is 30.2. The summed E-state index contributed by atoms with van der Waals surface area (Å²) in [7, 11) is 1.97. The van der Waals surface area contributed by atoms with Crippen molar-refractivity contribution in [3.05, 3.63) is 225 Å². The number of pyridine rings is 2. The van der Waals surface area contributed by atoms with E-state index in [0.717, 1.165) is 72.5 Å².